The van der Waals surface area contributed by atoms with Crippen molar-refractivity contribution in [3.8, 4) is 11.5 Å². The molecule has 0 spiro atoms. The number of ether oxygens (including phenoxy) is 2. The van der Waals surface area contributed by atoms with E-state index in [1.165, 1.54) is 7.11 Å². The highest BCUT2D eigenvalue weighted by Crippen LogP contribution is 2.36. The molecule has 1 unspecified atom stereocenters. The molecule has 1 heterocycles. The first kappa shape index (κ1) is 21.2. The van der Waals surface area contributed by atoms with Gasteiger partial charge in [0.05, 0.1) is 25.8 Å². The Morgan fingerprint density at radius 1 is 1.07 bits per heavy atom. The van der Waals surface area contributed by atoms with Gasteiger partial charge in [-0.05, 0) is 30.3 Å². The quantitative estimate of drug-likeness (QED) is 0.730. The number of carbonyl (C=O) groups is 3. The molecular formula is C22H25N3O5. The van der Waals surface area contributed by atoms with E-state index in [2.05, 4.69) is 10.6 Å². The molecule has 3 amide bonds. The Hall–Kier alpha value is -3.55. The molecule has 0 aliphatic carbocycles. The number of nitrogens with one attached hydrogen (secondary N) is 2. The molecule has 8 heteroatoms. The van der Waals surface area contributed by atoms with E-state index in [1.54, 1.807) is 61.4 Å². The Bertz CT molecular complexity index is 960. The van der Waals surface area contributed by atoms with Gasteiger partial charge in [-0.15, -0.1) is 0 Å². The molecule has 8 nitrogen and oxygen atoms in total. The molecule has 158 valence electrons. The highest BCUT2D eigenvalue weighted by molar-refractivity contribution is 6.04. The van der Waals surface area contributed by atoms with Crippen LogP contribution in [-0.4, -0.2) is 38.5 Å². The van der Waals surface area contributed by atoms with Crippen molar-refractivity contribution in [2.75, 3.05) is 36.3 Å². The van der Waals surface area contributed by atoms with Crippen molar-refractivity contribution < 1.29 is 23.9 Å². The van der Waals surface area contributed by atoms with E-state index in [0.29, 0.717) is 35.0 Å². The van der Waals surface area contributed by atoms with Crippen molar-refractivity contribution >= 4 is 34.8 Å². The number of hydrogen-bond acceptors (Lipinski definition) is 5. The summed E-state index contributed by atoms with van der Waals surface area (Å²) in [5.41, 5.74) is 1.73. The molecule has 0 saturated carbocycles. The zero-order valence-electron chi connectivity index (χ0n) is 17.2. The Morgan fingerprint density at radius 2 is 1.80 bits per heavy atom. The lowest BCUT2D eigenvalue weighted by Gasteiger charge is -2.20. The molecule has 30 heavy (non-hydrogen) atoms. The van der Waals surface area contributed by atoms with E-state index in [1.807, 2.05) is 0 Å². The smallest absolute Gasteiger partial charge is 0.229 e. The normalized spacial score (nSPS) is 15.6. The maximum atomic E-state index is 12.8. The van der Waals surface area contributed by atoms with E-state index in [9.17, 15) is 14.4 Å². The number of nitrogens with zero attached hydrogens (tertiary/aromatic N) is 1. The van der Waals surface area contributed by atoms with Crippen LogP contribution in [0.1, 0.15) is 19.8 Å². The fourth-order valence-corrected chi connectivity index (χ4v) is 3.29. The van der Waals surface area contributed by atoms with Crippen molar-refractivity contribution in [2.24, 2.45) is 5.92 Å². The monoisotopic (exact) mass is 411 g/mol. The number of amides is 3. The van der Waals surface area contributed by atoms with Crippen LogP contribution < -0.4 is 25.0 Å². The average molecular weight is 411 g/mol. The molecule has 1 atom stereocenters. The van der Waals surface area contributed by atoms with Crippen LogP contribution in [0, 0.1) is 5.92 Å². The fraction of sp³-hybridized carbons (Fsp3) is 0.318. The second-order valence-electron chi connectivity index (χ2n) is 6.91. The van der Waals surface area contributed by atoms with Gasteiger partial charge >= 0.3 is 0 Å². The Balaban J connectivity index is 1.72. The number of benzene rings is 2. The minimum absolute atomic E-state index is 0.0957. The second-order valence-corrected chi connectivity index (χ2v) is 6.91. The third-order valence-corrected chi connectivity index (χ3v) is 4.91. The lowest BCUT2D eigenvalue weighted by Crippen LogP contribution is -2.28. The molecule has 3 rings (SSSR count). The van der Waals surface area contributed by atoms with E-state index >= 15 is 0 Å². The minimum Gasteiger partial charge on any atom is -0.497 e. The molecule has 2 aromatic carbocycles. The summed E-state index contributed by atoms with van der Waals surface area (Å²) in [6.07, 6.45) is 0.461. The maximum Gasteiger partial charge on any atom is 0.229 e. The van der Waals surface area contributed by atoms with Gasteiger partial charge in [-0.3, -0.25) is 14.4 Å². The summed E-state index contributed by atoms with van der Waals surface area (Å²) >= 11 is 0. The lowest BCUT2D eigenvalue weighted by atomic mass is 10.1. The van der Waals surface area contributed by atoms with Crippen LogP contribution in [0.3, 0.4) is 0 Å². The fourth-order valence-electron chi connectivity index (χ4n) is 3.29. The first-order valence-electron chi connectivity index (χ1n) is 9.68. The summed E-state index contributed by atoms with van der Waals surface area (Å²) in [6.45, 7) is 2.00. The number of rotatable bonds is 7. The molecule has 0 aromatic heterocycles. The molecule has 1 saturated heterocycles. The summed E-state index contributed by atoms with van der Waals surface area (Å²) in [5.74, 6) is 0.0874. The molecule has 2 aromatic rings. The first-order chi connectivity index (χ1) is 14.4. The van der Waals surface area contributed by atoms with Crippen LogP contribution in [0.25, 0.3) is 0 Å². The van der Waals surface area contributed by atoms with Gasteiger partial charge < -0.3 is 25.0 Å². The first-order valence-corrected chi connectivity index (χ1v) is 9.68. The van der Waals surface area contributed by atoms with Gasteiger partial charge in [-0.25, -0.2) is 0 Å². The minimum atomic E-state index is -0.512. The average Bonchev–Trinajstić information content (AvgIpc) is 3.15. The molecule has 1 aliphatic rings. The van der Waals surface area contributed by atoms with Crippen molar-refractivity contribution in [3.05, 3.63) is 42.5 Å². The van der Waals surface area contributed by atoms with Crippen LogP contribution >= 0.6 is 0 Å². The third-order valence-electron chi connectivity index (χ3n) is 4.91. The van der Waals surface area contributed by atoms with Crippen LogP contribution in [0.15, 0.2) is 42.5 Å². The summed E-state index contributed by atoms with van der Waals surface area (Å²) in [6, 6.07) is 12.1. The van der Waals surface area contributed by atoms with Crippen LogP contribution in [0.5, 0.6) is 11.5 Å². The van der Waals surface area contributed by atoms with Crippen molar-refractivity contribution in [1.29, 1.82) is 0 Å². The van der Waals surface area contributed by atoms with Crippen LogP contribution in [-0.2, 0) is 14.4 Å². The number of methoxy groups -OCH3 is 2. The number of hydrogen-bond donors (Lipinski definition) is 2. The Morgan fingerprint density at radius 3 is 2.47 bits per heavy atom. The van der Waals surface area contributed by atoms with Gasteiger partial charge in [0.2, 0.25) is 17.7 Å². The predicted molar refractivity (Wildman–Crippen MR) is 114 cm³/mol. The SMILES string of the molecule is CCC(=O)Nc1cccc(NC(=O)C2CC(=O)N(c3cc(OC)ccc3OC)C2)c1. The van der Waals surface area contributed by atoms with Crippen LogP contribution in [0.4, 0.5) is 17.1 Å². The molecule has 0 radical (unpaired) electrons. The van der Waals surface area contributed by atoms with E-state index in [-0.39, 0.29) is 30.7 Å². The number of anilines is 3. The largest absolute Gasteiger partial charge is 0.497 e. The Labute approximate surface area is 175 Å². The molecule has 1 aliphatic heterocycles. The second kappa shape index (κ2) is 9.30. The topological polar surface area (TPSA) is 97.0 Å². The van der Waals surface area contributed by atoms with E-state index in [0.717, 1.165) is 0 Å². The summed E-state index contributed by atoms with van der Waals surface area (Å²) in [4.78, 5) is 38.5. The molecule has 0 bridgehead atoms. The van der Waals surface area contributed by atoms with Gasteiger partial charge in [0.25, 0.3) is 0 Å². The summed E-state index contributed by atoms with van der Waals surface area (Å²) in [5, 5.41) is 5.59. The van der Waals surface area contributed by atoms with Crippen molar-refractivity contribution in [2.45, 2.75) is 19.8 Å². The van der Waals surface area contributed by atoms with Crippen molar-refractivity contribution in [1.82, 2.24) is 0 Å². The van der Waals surface area contributed by atoms with E-state index < -0.39 is 5.92 Å². The lowest BCUT2D eigenvalue weighted by molar-refractivity contribution is -0.122. The van der Waals surface area contributed by atoms with Crippen LogP contribution in [0.2, 0.25) is 0 Å². The van der Waals surface area contributed by atoms with Gasteiger partial charge in [-0.1, -0.05) is 13.0 Å². The Kier molecular flexibility index (Phi) is 6.56. The highest BCUT2D eigenvalue weighted by atomic mass is 16.5. The van der Waals surface area contributed by atoms with Crippen molar-refractivity contribution in [3.63, 3.8) is 0 Å². The highest BCUT2D eigenvalue weighted by Gasteiger charge is 2.36. The van der Waals surface area contributed by atoms with E-state index in [4.69, 9.17) is 9.47 Å². The maximum absolute atomic E-state index is 12.8. The number of carbonyl (C=O) groups excluding carboxylic acids is 3. The predicted octanol–water partition coefficient (Wildman–Crippen LogP) is 3.04. The third kappa shape index (κ3) is 4.71. The summed E-state index contributed by atoms with van der Waals surface area (Å²) < 4.78 is 10.6. The molecule has 2 N–H and O–H groups in total. The molecule has 1 fully saturated rings. The zero-order chi connectivity index (χ0) is 21.7. The molecular weight excluding hydrogens is 386 g/mol. The summed E-state index contributed by atoms with van der Waals surface area (Å²) in [7, 11) is 3.07. The van der Waals surface area contributed by atoms with Gasteiger partial charge in [0.1, 0.15) is 11.5 Å². The van der Waals surface area contributed by atoms with Gasteiger partial charge in [0.15, 0.2) is 0 Å². The van der Waals surface area contributed by atoms with Gasteiger partial charge in [0, 0.05) is 36.8 Å². The standard InChI is InChI=1S/C22H25N3O5/c1-4-20(26)23-15-6-5-7-16(11-15)24-22(28)14-10-21(27)25(13-14)18-12-17(29-2)8-9-19(18)30-3/h5-9,11-12,14H,4,10,13H2,1-3H3,(H,23,26)(H,24,28). The van der Waals surface area contributed by atoms with Gasteiger partial charge in [-0.2, -0.15) is 0 Å². The zero-order valence-corrected chi connectivity index (χ0v) is 17.2.